The van der Waals surface area contributed by atoms with Gasteiger partial charge in [0.05, 0.1) is 12.2 Å². The minimum Gasteiger partial charge on any atom is -0.445 e. The first-order valence-electron chi connectivity index (χ1n) is 6.30. The molecule has 0 aliphatic heterocycles. The number of ether oxygens (including phenoxy) is 1. The first kappa shape index (κ1) is 15.5. The number of carbonyl (C=O) groups is 1. The zero-order valence-corrected chi connectivity index (χ0v) is 11.3. The van der Waals surface area contributed by atoms with E-state index in [0.717, 1.165) is 5.56 Å². The standard InChI is InChI=1S/C14H21NO4/c1-11(16)8-15(9-12(2)17)14(18)19-10-13-6-4-3-5-7-13/h3-7,11-12,16-17H,8-10H2,1-2H3. The Hall–Kier alpha value is -1.59. The molecule has 19 heavy (non-hydrogen) atoms. The fourth-order valence-corrected chi connectivity index (χ4v) is 1.67. The SMILES string of the molecule is CC(O)CN(CC(C)O)C(=O)OCc1ccccc1. The summed E-state index contributed by atoms with van der Waals surface area (Å²) in [6.07, 6.45) is -1.86. The van der Waals surface area contributed by atoms with Crippen LogP contribution in [0.3, 0.4) is 0 Å². The van der Waals surface area contributed by atoms with Crippen molar-refractivity contribution in [3.05, 3.63) is 35.9 Å². The van der Waals surface area contributed by atoms with Gasteiger partial charge in [-0.1, -0.05) is 30.3 Å². The summed E-state index contributed by atoms with van der Waals surface area (Å²) in [7, 11) is 0. The first-order valence-corrected chi connectivity index (χ1v) is 6.30. The van der Waals surface area contributed by atoms with Crippen molar-refractivity contribution >= 4 is 6.09 Å². The summed E-state index contributed by atoms with van der Waals surface area (Å²) in [5, 5.41) is 18.7. The number of carbonyl (C=O) groups excluding carboxylic acids is 1. The Labute approximate surface area is 113 Å². The third-order valence-corrected chi connectivity index (χ3v) is 2.43. The number of aliphatic hydroxyl groups is 2. The molecule has 0 radical (unpaired) electrons. The van der Waals surface area contributed by atoms with Crippen LogP contribution in [0.2, 0.25) is 0 Å². The topological polar surface area (TPSA) is 70.0 Å². The molecule has 106 valence electrons. The summed E-state index contributed by atoms with van der Waals surface area (Å²) >= 11 is 0. The van der Waals surface area contributed by atoms with Crippen LogP contribution in [0, 0.1) is 0 Å². The molecule has 5 nitrogen and oxygen atoms in total. The highest BCUT2D eigenvalue weighted by atomic mass is 16.6. The lowest BCUT2D eigenvalue weighted by Crippen LogP contribution is -2.41. The maximum atomic E-state index is 11.9. The van der Waals surface area contributed by atoms with Gasteiger partial charge in [0.25, 0.3) is 0 Å². The van der Waals surface area contributed by atoms with Crippen LogP contribution in [0.1, 0.15) is 19.4 Å². The van der Waals surface area contributed by atoms with E-state index < -0.39 is 18.3 Å². The van der Waals surface area contributed by atoms with Gasteiger partial charge in [-0.15, -0.1) is 0 Å². The lowest BCUT2D eigenvalue weighted by Gasteiger charge is -2.24. The molecule has 1 rings (SSSR count). The molecule has 1 aromatic rings. The number of amides is 1. The molecule has 0 aromatic heterocycles. The predicted molar refractivity (Wildman–Crippen MR) is 71.6 cm³/mol. The Bertz CT molecular complexity index is 368. The molecule has 0 fully saturated rings. The molecule has 2 unspecified atom stereocenters. The third-order valence-electron chi connectivity index (χ3n) is 2.43. The van der Waals surface area contributed by atoms with Crippen LogP contribution < -0.4 is 0 Å². The van der Waals surface area contributed by atoms with Crippen LogP contribution in [0.25, 0.3) is 0 Å². The van der Waals surface area contributed by atoms with Crippen molar-refractivity contribution in [3.63, 3.8) is 0 Å². The third kappa shape index (κ3) is 6.22. The van der Waals surface area contributed by atoms with Crippen LogP contribution in [0.4, 0.5) is 4.79 Å². The van der Waals surface area contributed by atoms with Crippen LogP contribution >= 0.6 is 0 Å². The molecule has 0 aliphatic carbocycles. The van der Waals surface area contributed by atoms with Crippen molar-refractivity contribution in [1.82, 2.24) is 4.90 Å². The summed E-state index contributed by atoms with van der Waals surface area (Å²) in [6.45, 7) is 3.62. The molecule has 2 atom stereocenters. The number of rotatable bonds is 6. The Morgan fingerprint density at radius 1 is 1.16 bits per heavy atom. The van der Waals surface area contributed by atoms with Gasteiger partial charge in [0.15, 0.2) is 0 Å². The number of hydrogen-bond acceptors (Lipinski definition) is 4. The summed E-state index contributed by atoms with van der Waals surface area (Å²) in [5.74, 6) is 0. The van der Waals surface area contributed by atoms with E-state index in [-0.39, 0.29) is 19.7 Å². The van der Waals surface area contributed by atoms with Crippen molar-refractivity contribution < 1.29 is 19.7 Å². The van der Waals surface area contributed by atoms with E-state index >= 15 is 0 Å². The van der Waals surface area contributed by atoms with E-state index in [9.17, 15) is 15.0 Å². The van der Waals surface area contributed by atoms with Crippen molar-refractivity contribution in [3.8, 4) is 0 Å². The number of benzene rings is 1. The van der Waals surface area contributed by atoms with Gasteiger partial charge >= 0.3 is 6.09 Å². The van der Waals surface area contributed by atoms with Gasteiger partial charge in [0.2, 0.25) is 0 Å². The minimum atomic E-state index is -0.664. The normalized spacial score (nSPS) is 13.7. The molecule has 5 heteroatoms. The predicted octanol–water partition coefficient (Wildman–Crippen LogP) is 1.39. The number of aliphatic hydroxyl groups excluding tert-OH is 2. The van der Waals surface area contributed by atoms with Gasteiger partial charge < -0.3 is 19.8 Å². The lowest BCUT2D eigenvalue weighted by atomic mass is 10.2. The smallest absolute Gasteiger partial charge is 0.410 e. The zero-order chi connectivity index (χ0) is 14.3. The highest BCUT2D eigenvalue weighted by molar-refractivity contribution is 5.67. The van der Waals surface area contributed by atoms with Gasteiger partial charge in [0.1, 0.15) is 6.61 Å². The molecule has 2 N–H and O–H groups in total. The highest BCUT2D eigenvalue weighted by Gasteiger charge is 2.18. The van der Waals surface area contributed by atoms with E-state index in [4.69, 9.17) is 4.74 Å². The van der Waals surface area contributed by atoms with E-state index in [1.165, 1.54) is 4.90 Å². The number of hydrogen-bond donors (Lipinski definition) is 2. The largest absolute Gasteiger partial charge is 0.445 e. The highest BCUT2D eigenvalue weighted by Crippen LogP contribution is 2.05. The maximum Gasteiger partial charge on any atom is 0.410 e. The zero-order valence-electron chi connectivity index (χ0n) is 11.3. The van der Waals surface area contributed by atoms with Gasteiger partial charge in [-0.3, -0.25) is 0 Å². The van der Waals surface area contributed by atoms with E-state index in [0.29, 0.717) is 0 Å². The van der Waals surface area contributed by atoms with Crippen molar-refractivity contribution in [2.24, 2.45) is 0 Å². The Morgan fingerprint density at radius 2 is 1.68 bits per heavy atom. The van der Waals surface area contributed by atoms with Crippen LogP contribution in [0.5, 0.6) is 0 Å². The van der Waals surface area contributed by atoms with Gasteiger partial charge in [-0.05, 0) is 19.4 Å². The fourth-order valence-electron chi connectivity index (χ4n) is 1.67. The molecule has 0 heterocycles. The second-order valence-electron chi connectivity index (χ2n) is 4.64. The molecule has 0 bridgehead atoms. The quantitative estimate of drug-likeness (QED) is 0.817. The summed E-state index contributed by atoms with van der Waals surface area (Å²) < 4.78 is 5.16. The van der Waals surface area contributed by atoms with Crippen LogP contribution in [-0.4, -0.2) is 46.5 Å². The van der Waals surface area contributed by atoms with E-state index in [1.807, 2.05) is 30.3 Å². The van der Waals surface area contributed by atoms with E-state index in [2.05, 4.69) is 0 Å². The molecular formula is C14H21NO4. The molecule has 1 aromatic carbocycles. The molecule has 0 spiro atoms. The Morgan fingerprint density at radius 3 is 2.16 bits per heavy atom. The van der Waals surface area contributed by atoms with Gasteiger partial charge in [-0.25, -0.2) is 4.79 Å². The summed E-state index contributed by atoms with van der Waals surface area (Å²) in [6, 6.07) is 9.35. The van der Waals surface area contributed by atoms with Crippen molar-refractivity contribution in [2.75, 3.05) is 13.1 Å². The summed E-state index contributed by atoms with van der Waals surface area (Å²) in [5.41, 5.74) is 0.893. The monoisotopic (exact) mass is 267 g/mol. The molecule has 0 aliphatic rings. The Kier molecular flexibility index (Phi) is 6.32. The second-order valence-corrected chi connectivity index (χ2v) is 4.64. The average molecular weight is 267 g/mol. The lowest BCUT2D eigenvalue weighted by molar-refractivity contribution is 0.0523. The molecular weight excluding hydrogens is 246 g/mol. The average Bonchev–Trinajstić information content (AvgIpc) is 2.35. The number of nitrogens with zero attached hydrogens (tertiary/aromatic N) is 1. The molecule has 1 amide bonds. The fraction of sp³-hybridized carbons (Fsp3) is 0.500. The van der Waals surface area contributed by atoms with Crippen molar-refractivity contribution in [1.29, 1.82) is 0 Å². The first-order chi connectivity index (χ1) is 8.99. The van der Waals surface area contributed by atoms with E-state index in [1.54, 1.807) is 13.8 Å². The maximum absolute atomic E-state index is 11.9. The second kappa shape index (κ2) is 7.76. The Balaban J connectivity index is 2.51. The molecule has 0 saturated carbocycles. The summed E-state index contributed by atoms with van der Waals surface area (Å²) in [4.78, 5) is 13.2. The van der Waals surface area contributed by atoms with Crippen molar-refractivity contribution in [2.45, 2.75) is 32.7 Å². The van der Waals surface area contributed by atoms with Crippen LogP contribution in [-0.2, 0) is 11.3 Å². The van der Waals surface area contributed by atoms with Crippen LogP contribution in [0.15, 0.2) is 30.3 Å². The molecule has 0 saturated heterocycles. The minimum absolute atomic E-state index is 0.137. The van der Waals surface area contributed by atoms with Gasteiger partial charge in [-0.2, -0.15) is 0 Å². The van der Waals surface area contributed by atoms with Gasteiger partial charge in [0, 0.05) is 13.1 Å².